The summed E-state index contributed by atoms with van der Waals surface area (Å²) in [5.41, 5.74) is 2.45. The van der Waals surface area contributed by atoms with Crippen LogP contribution in [-0.4, -0.2) is 33.7 Å². The first-order chi connectivity index (χ1) is 11.3. The van der Waals surface area contributed by atoms with Gasteiger partial charge in [0.1, 0.15) is 6.54 Å². The van der Waals surface area contributed by atoms with Gasteiger partial charge in [-0.25, -0.2) is 8.42 Å². The summed E-state index contributed by atoms with van der Waals surface area (Å²) < 4.78 is 25.2. The minimum atomic E-state index is -3.59. The minimum absolute atomic E-state index is 0.258. The summed E-state index contributed by atoms with van der Waals surface area (Å²) in [7, 11) is -3.59. The molecule has 0 bridgehead atoms. The number of carbonyl (C=O) groups excluding carboxylic acids is 1. The molecule has 0 unspecified atom stereocenters. The fourth-order valence-electron chi connectivity index (χ4n) is 2.60. The molecule has 1 N–H and O–H groups in total. The van der Waals surface area contributed by atoms with Crippen molar-refractivity contribution in [3.63, 3.8) is 0 Å². The molecule has 7 heteroatoms. The normalized spacial score (nSPS) is 14.9. The number of nitrogens with one attached hydrogen (secondary N) is 1. The summed E-state index contributed by atoms with van der Waals surface area (Å²) in [5.74, 6) is -0.330. The monoisotopic (exact) mass is 370 g/mol. The van der Waals surface area contributed by atoms with Gasteiger partial charge < -0.3 is 5.32 Å². The Labute approximate surface area is 148 Å². The Morgan fingerprint density at radius 3 is 2.67 bits per heavy atom. The van der Waals surface area contributed by atoms with Gasteiger partial charge in [-0.15, -0.1) is 0 Å². The summed E-state index contributed by atoms with van der Waals surface area (Å²) in [6.07, 6.45) is 7.59. The van der Waals surface area contributed by atoms with E-state index in [1.807, 2.05) is 6.92 Å². The predicted octanol–water partition coefficient (Wildman–Crippen LogP) is 3.03. The fraction of sp³-hybridized carbons (Fsp3) is 0.471. The van der Waals surface area contributed by atoms with Gasteiger partial charge in [0.15, 0.2) is 0 Å². The van der Waals surface area contributed by atoms with Crippen LogP contribution >= 0.6 is 11.6 Å². The summed E-state index contributed by atoms with van der Waals surface area (Å²) in [6, 6.07) is 4.95. The number of anilines is 1. The van der Waals surface area contributed by atoms with Crippen LogP contribution in [0.3, 0.4) is 0 Å². The number of hydrogen-bond donors (Lipinski definition) is 1. The lowest BCUT2D eigenvalue weighted by Crippen LogP contribution is -2.41. The van der Waals surface area contributed by atoms with Gasteiger partial charge in [0.05, 0.1) is 11.9 Å². The van der Waals surface area contributed by atoms with Crippen molar-refractivity contribution < 1.29 is 13.2 Å². The highest BCUT2D eigenvalue weighted by atomic mass is 35.5. The third kappa shape index (κ3) is 5.24. The number of rotatable bonds is 6. The molecule has 0 saturated heterocycles. The molecule has 0 atom stereocenters. The molecule has 0 aromatic heterocycles. The second-order valence-electron chi connectivity index (χ2n) is 6.09. The van der Waals surface area contributed by atoms with Gasteiger partial charge in [-0.2, -0.15) is 0 Å². The number of halogens is 1. The third-order valence-electron chi connectivity index (χ3n) is 4.03. The van der Waals surface area contributed by atoms with Gasteiger partial charge in [0, 0.05) is 11.6 Å². The van der Waals surface area contributed by atoms with E-state index in [0.29, 0.717) is 17.3 Å². The van der Waals surface area contributed by atoms with E-state index in [4.69, 9.17) is 11.6 Å². The fourth-order valence-corrected chi connectivity index (χ4v) is 3.62. The third-order valence-corrected chi connectivity index (χ3v) is 5.58. The molecular formula is C17H23ClN2O3S. The zero-order chi connectivity index (χ0) is 17.7. The Morgan fingerprint density at radius 1 is 1.33 bits per heavy atom. The van der Waals surface area contributed by atoms with Crippen molar-refractivity contribution in [3.8, 4) is 0 Å². The first-order valence-electron chi connectivity index (χ1n) is 7.96. The smallest absolute Gasteiger partial charge is 0.241 e. The highest BCUT2D eigenvalue weighted by Gasteiger charge is 2.21. The van der Waals surface area contributed by atoms with E-state index in [2.05, 4.69) is 11.4 Å². The molecule has 0 aliphatic heterocycles. The van der Waals surface area contributed by atoms with Crippen LogP contribution in [0.1, 0.15) is 31.2 Å². The van der Waals surface area contributed by atoms with Crippen LogP contribution < -0.4 is 9.62 Å². The largest absolute Gasteiger partial charge is 0.351 e. The number of aryl methyl sites for hydroxylation is 1. The first-order valence-corrected chi connectivity index (χ1v) is 10.2. The van der Waals surface area contributed by atoms with Crippen molar-refractivity contribution >= 4 is 33.2 Å². The number of hydrogen-bond acceptors (Lipinski definition) is 3. The molecule has 0 fully saturated rings. The van der Waals surface area contributed by atoms with E-state index in [-0.39, 0.29) is 12.5 Å². The summed E-state index contributed by atoms with van der Waals surface area (Å²) in [5, 5.41) is 3.27. The van der Waals surface area contributed by atoms with Crippen molar-refractivity contribution in [3.05, 3.63) is 40.4 Å². The lowest BCUT2D eigenvalue weighted by Gasteiger charge is -2.23. The Morgan fingerprint density at radius 2 is 2.08 bits per heavy atom. The molecule has 24 heavy (non-hydrogen) atoms. The maximum Gasteiger partial charge on any atom is 0.241 e. The Hall–Kier alpha value is -1.53. The quantitative estimate of drug-likeness (QED) is 0.782. The molecular weight excluding hydrogens is 348 g/mol. The van der Waals surface area contributed by atoms with Crippen LogP contribution in [-0.2, 0) is 14.8 Å². The van der Waals surface area contributed by atoms with E-state index in [0.717, 1.165) is 35.4 Å². The standard InChI is InChI=1S/C17H23ClN2O3S/c1-13-8-9-15(10-16(13)18)20(24(2,22)23)12-17(21)19-11-14-6-4-3-5-7-14/h6,8-10H,3-5,7,11-12H2,1-2H3,(H,19,21). The molecule has 1 aromatic rings. The predicted molar refractivity (Wildman–Crippen MR) is 97.9 cm³/mol. The number of carbonyl (C=O) groups is 1. The SMILES string of the molecule is Cc1ccc(N(CC(=O)NCC2=CCCCC2)S(C)(=O)=O)cc1Cl. The van der Waals surface area contributed by atoms with Gasteiger partial charge in [-0.1, -0.05) is 29.3 Å². The average Bonchev–Trinajstić information content (AvgIpc) is 2.53. The number of sulfonamides is 1. The molecule has 1 amide bonds. The van der Waals surface area contributed by atoms with E-state index in [1.165, 1.54) is 12.0 Å². The molecule has 1 aliphatic rings. The molecule has 0 saturated carbocycles. The summed E-state index contributed by atoms with van der Waals surface area (Å²) in [6.45, 7) is 2.05. The first kappa shape index (κ1) is 18.8. The van der Waals surface area contributed by atoms with Crippen LogP contribution in [0, 0.1) is 6.92 Å². The number of amides is 1. The van der Waals surface area contributed by atoms with Gasteiger partial charge >= 0.3 is 0 Å². The Bertz CT molecular complexity index is 744. The lowest BCUT2D eigenvalue weighted by molar-refractivity contribution is -0.119. The average molecular weight is 371 g/mol. The van der Waals surface area contributed by atoms with E-state index < -0.39 is 10.0 Å². The Balaban J connectivity index is 2.07. The highest BCUT2D eigenvalue weighted by molar-refractivity contribution is 7.92. The van der Waals surface area contributed by atoms with Gasteiger partial charge in [-0.3, -0.25) is 9.10 Å². The molecule has 2 rings (SSSR count). The van der Waals surface area contributed by atoms with Crippen LogP contribution in [0.5, 0.6) is 0 Å². The van der Waals surface area contributed by atoms with Crippen molar-refractivity contribution in [2.75, 3.05) is 23.7 Å². The summed E-state index contributed by atoms with van der Waals surface area (Å²) in [4.78, 5) is 12.2. The van der Waals surface area contributed by atoms with Crippen LogP contribution in [0.25, 0.3) is 0 Å². The number of benzene rings is 1. The van der Waals surface area contributed by atoms with Gasteiger partial charge in [0.25, 0.3) is 0 Å². The zero-order valence-corrected chi connectivity index (χ0v) is 15.6. The second kappa shape index (κ2) is 8.03. The second-order valence-corrected chi connectivity index (χ2v) is 8.40. The highest BCUT2D eigenvalue weighted by Crippen LogP contribution is 2.24. The molecule has 1 aliphatic carbocycles. The molecule has 0 spiro atoms. The van der Waals surface area contributed by atoms with Crippen molar-refractivity contribution in [2.45, 2.75) is 32.6 Å². The number of nitrogens with zero attached hydrogens (tertiary/aromatic N) is 1. The van der Waals surface area contributed by atoms with Crippen LogP contribution in [0.15, 0.2) is 29.8 Å². The zero-order valence-electron chi connectivity index (χ0n) is 14.0. The molecule has 5 nitrogen and oxygen atoms in total. The van der Waals surface area contributed by atoms with Crippen LogP contribution in [0.4, 0.5) is 5.69 Å². The Kier molecular flexibility index (Phi) is 6.29. The topological polar surface area (TPSA) is 66.5 Å². The molecule has 0 heterocycles. The maximum atomic E-state index is 12.2. The molecule has 0 radical (unpaired) electrons. The van der Waals surface area contributed by atoms with Crippen molar-refractivity contribution in [1.82, 2.24) is 5.32 Å². The van der Waals surface area contributed by atoms with Crippen molar-refractivity contribution in [2.24, 2.45) is 0 Å². The maximum absolute atomic E-state index is 12.2. The van der Waals surface area contributed by atoms with E-state index >= 15 is 0 Å². The molecule has 1 aromatic carbocycles. The van der Waals surface area contributed by atoms with E-state index in [1.54, 1.807) is 18.2 Å². The van der Waals surface area contributed by atoms with Gasteiger partial charge in [0.2, 0.25) is 15.9 Å². The summed E-state index contributed by atoms with van der Waals surface area (Å²) >= 11 is 6.08. The minimum Gasteiger partial charge on any atom is -0.351 e. The number of allylic oxidation sites excluding steroid dienone is 1. The van der Waals surface area contributed by atoms with Crippen LogP contribution in [0.2, 0.25) is 5.02 Å². The van der Waals surface area contributed by atoms with E-state index in [9.17, 15) is 13.2 Å². The van der Waals surface area contributed by atoms with Gasteiger partial charge in [-0.05, 0) is 50.3 Å². The lowest BCUT2D eigenvalue weighted by atomic mass is 10.00. The molecule has 132 valence electrons. The van der Waals surface area contributed by atoms with Crippen molar-refractivity contribution in [1.29, 1.82) is 0 Å².